The van der Waals surface area contributed by atoms with Gasteiger partial charge < -0.3 is 20.3 Å². The fourth-order valence-corrected chi connectivity index (χ4v) is 2.25. The largest absolute Gasteiger partial charge is 0.378 e. The summed E-state index contributed by atoms with van der Waals surface area (Å²) in [7, 11) is 3.83. The van der Waals surface area contributed by atoms with E-state index in [2.05, 4.69) is 4.99 Å². The SMILES string of the molecule is CN(C)Cc1cc(CN=C(N)N2CCOCC2)ccc1F.I. The van der Waals surface area contributed by atoms with Crippen molar-refractivity contribution in [2.45, 2.75) is 13.1 Å². The molecule has 1 aliphatic heterocycles. The number of nitrogens with two attached hydrogens (primary N) is 1. The van der Waals surface area contributed by atoms with Gasteiger partial charge in [0.2, 0.25) is 0 Å². The second kappa shape index (κ2) is 9.26. The molecule has 0 unspecified atom stereocenters. The minimum Gasteiger partial charge on any atom is -0.378 e. The molecule has 1 heterocycles. The van der Waals surface area contributed by atoms with E-state index in [0.29, 0.717) is 37.8 Å². The maximum absolute atomic E-state index is 13.7. The first-order chi connectivity index (χ1) is 10.1. The van der Waals surface area contributed by atoms with Crippen LogP contribution in [-0.2, 0) is 17.8 Å². The monoisotopic (exact) mass is 422 g/mol. The number of ether oxygens (including phenoxy) is 1. The lowest BCUT2D eigenvalue weighted by atomic mass is 10.1. The van der Waals surface area contributed by atoms with Crippen LogP contribution in [0.2, 0.25) is 0 Å². The molecule has 0 bridgehead atoms. The van der Waals surface area contributed by atoms with Gasteiger partial charge in [0, 0.05) is 25.2 Å². The Morgan fingerprint density at radius 2 is 2.05 bits per heavy atom. The summed E-state index contributed by atoms with van der Waals surface area (Å²) in [4.78, 5) is 8.34. The molecule has 0 aromatic heterocycles. The fourth-order valence-electron chi connectivity index (χ4n) is 2.25. The fraction of sp³-hybridized carbons (Fsp3) is 0.533. The van der Waals surface area contributed by atoms with Crippen LogP contribution in [0, 0.1) is 5.82 Å². The third kappa shape index (κ3) is 5.69. The molecule has 124 valence electrons. The third-order valence-corrected chi connectivity index (χ3v) is 3.36. The molecule has 1 aromatic rings. The Labute approximate surface area is 148 Å². The summed E-state index contributed by atoms with van der Waals surface area (Å²) in [6, 6.07) is 5.10. The molecule has 0 atom stereocenters. The highest BCUT2D eigenvalue weighted by Gasteiger charge is 2.12. The number of morpholine rings is 1. The Morgan fingerprint density at radius 3 is 2.68 bits per heavy atom. The lowest BCUT2D eigenvalue weighted by Gasteiger charge is -2.27. The molecule has 2 N–H and O–H groups in total. The minimum atomic E-state index is -0.183. The maximum atomic E-state index is 13.7. The zero-order chi connectivity index (χ0) is 15.2. The van der Waals surface area contributed by atoms with Crippen molar-refractivity contribution in [2.75, 3.05) is 40.4 Å². The molecule has 5 nitrogen and oxygen atoms in total. The van der Waals surface area contributed by atoms with Crippen LogP contribution in [0.15, 0.2) is 23.2 Å². The second-order valence-electron chi connectivity index (χ2n) is 5.44. The highest BCUT2D eigenvalue weighted by molar-refractivity contribution is 14.0. The van der Waals surface area contributed by atoms with Crippen molar-refractivity contribution in [3.8, 4) is 0 Å². The van der Waals surface area contributed by atoms with E-state index in [-0.39, 0.29) is 29.8 Å². The van der Waals surface area contributed by atoms with Crippen molar-refractivity contribution in [1.82, 2.24) is 9.80 Å². The molecule has 1 saturated heterocycles. The number of benzene rings is 1. The van der Waals surface area contributed by atoms with Crippen LogP contribution in [0.3, 0.4) is 0 Å². The van der Waals surface area contributed by atoms with Crippen molar-refractivity contribution < 1.29 is 9.13 Å². The van der Waals surface area contributed by atoms with Gasteiger partial charge in [-0.05, 0) is 31.8 Å². The van der Waals surface area contributed by atoms with Crippen molar-refractivity contribution in [3.63, 3.8) is 0 Å². The van der Waals surface area contributed by atoms with Crippen molar-refractivity contribution in [3.05, 3.63) is 35.1 Å². The first kappa shape index (κ1) is 19.1. The summed E-state index contributed by atoms with van der Waals surface area (Å²) < 4.78 is 19.0. The predicted octanol–water partition coefficient (Wildman–Crippen LogP) is 1.65. The van der Waals surface area contributed by atoms with Gasteiger partial charge in [-0.3, -0.25) is 0 Å². The Hall–Kier alpha value is -0.930. The molecule has 1 aliphatic rings. The molecule has 0 spiro atoms. The van der Waals surface area contributed by atoms with E-state index in [0.717, 1.165) is 18.7 Å². The standard InChI is InChI=1S/C15H23FN4O.HI/c1-19(2)11-13-9-12(3-4-14(13)16)10-18-15(17)20-5-7-21-8-6-20;/h3-4,9H,5-8,10-11H2,1-2H3,(H2,17,18);1H. The zero-order valence-electron chi connectivity index (χ0n) is 13.1. The number of aliphatic imine (C=N–C) groups is 1. The molecule has 0 aliphatic carbocycles. The van der Waals surface area contributed by atoms with E-state index in [1.807, 2.05) is 30.0 Å². The van der Waals surface area contributed by atoms with Gasteiger partial charge in [-0.25, -0.2) is 9.38 Å². The molecule has 22 heavy (non-hydrogen) atoms. The molecule has 7 heteroatoms. The molecule has 0 amide bonds. The summed E-state index contributed by atoms with van der Waals surface area (Å²) in [6.07, 6.45) is 0. The van der Waals surface area contributed by atoms with Crippen LogP contribution >= 0.6 is 24.0 Å². The third-order valence-electron chi connectivity index (χ3n) is 3.36. The number of hydrogen-bond acceptors (Lipinski definition) is 3. The van der Waals surface area contributed by atoms with Crippen LogP contribution < -0.4 is 5.73 Å². The minimum absolute atomic E-state index is 0. The Bertz CT molecular complexity index is 504. The molecule has 0 radical (unpaired) electrons. The summed E-state index contributed by atoms with van der Waals surface area (Å²) in [5.41, 5.74) is 7.62. The van der Waals surface area contributed by atoms with Gasteiger partial charge in [-0.2, -0.15) is 0 Å². The van der Waals surface area contributed by atoms with E-state index in [9.17, 15) is 4.39 Å². The number of rotatable bonds is 4. The van der Waals surface area contributed by atoms with E-state index >= 15 is 0 Å². The number of guanidine groups is 1. The number of nitrogens with zero attached hydrogens (tertiary/aromatic N) is 3. The topological polar surface area (TPSA) is 54.1 Å². The number of hydrogen-bond donors (Lipinski definition) is 1. The molecule has 0 saturated carbocycles. The highest BCUT2D eigenvalue weighted by atomic mass is 127. The van der Waals surface area contributed by atoms with E-state index in [4.69, 9.17) is 10.5 Å². The second-order valence-corrected chi connectivity index (χ2v) is 5.44. The van der Waals surface area contributed by atoms with Gasteiger partial charge in [-0.15, -0.1) is 24.0 Å². The quantitative estimate of drug-likeness (QED) is 0.456. The lowest BCUT2D eigenvalue weighted by Crippen LogP contribution is -2.44. The smallest absolute Gasteiger partial charge is 0.191 e. The summed E-state index contributed by atoms with van der Waals surface area (Å²) >= 11 is 0. The van der Waals surface area contributed by atoms with Crippen molar-refractivity contribution in [2.24, 2.45) is 10.7 Å². The molecular formula is C15H24FIN4O. The van der Waals surface area contributed by atoms with Crippen LogP contribution in [0.5, 0.6) is 0 Å². The van der Waals surface area contributed by atoms with Crippen LogP contribution in [-0.4, -0.2) is 56.2 Å². The zero-order valence-corrected chi connectivity index (χ0v) is 15.4. The lowest BCUT2D eigenvalue weighted by molar-refractivity contribution is 0.0674. The Kier molecular flexibility index (Phi) is 8.05. The molecule has 1 aromatic carbocycles. The van der Waals surface area contributed by atoms with E-state index in [1.54, 1.807) is 6.07 Å². The summed E-state index contributed by atoms with van der Waals surface area (Å²) in [5.74, 6) is 0.342. The van der Waals surface area contributed by atoms with E-state index < -0.39 is 0 Å². The first-order valence-corrected chi connectivity index (χ1v) is 7.11. The van der Waals surface area contributed by atoms with Gasteiger partial charge in [0.25, 0.3) is 0 Å². The van der Waals surface area contributed by atoms with Gasteiger partial charge in [0.1, 0.15) is 5.82 Å². The predicted molar refractivity (Wildman–Crippen MR) is 96.9 cm³/mol. The molecular weight excluding hydrogens is 398 g/mol. The van der Waals surface area contributed by atoms with Crippen molar-refractivity contribution in [1.29, 1.82) is 0 Å². The maximum Gasteiger partial charge on any atom is 0.191 e. The average Bonchev–Trinajstić information content (AvgIpc) is 2.48. The van der Waals surface area contributed by atoms with Gasteiger partial charge in [-0.1, -0.05) is 6.07 Å². The van der Waals surface area contributed by atoms with Crippen LogP contribution in [0.1, 0.15) is 11.1 Å². The van der Waals surface area contributed by atoms with Crippen LogP contribution in [0.4, 0.5) is 4.39 Å². The summed E-state index contributed by atoms with van der Waals surface area (Å²) in [5, 5.41) is 0. The molecule has 2 rings (SSSR count). The first-order valence-electron chi connectivity index (χ1n) is 7.11. The van der Waals surface area contributed by atoms with Gasteiger partial charge in [0.15, 0.2) is 5.96 Å². The normalized spacial score (nSPS) is 15.8. The van der Waals surface area contributed by atoms with Crippen molar-refractivity contribution >= 4 is 29.9 Å². The average molecular weight is 422 g/mol. The van der Waals surface area contributed by atoms with Crippen LogP contribution in [0.25, 0.3) is 0 Å². The highest BCUT2D eigenvalue weighted by Crippen LogP contribution is 2.13. The van der Waals surface area contributed by atoms with Gasteiger partial charge >= 0.3 is 0 Å². The Balaban J connectivity index is 0.00000242. The van der Waals surface area contributed by atoms with E-state index in [1.165, 1.54) is 6.07 Å². The molecule has 1 fully saturated rings. The number of halogens is 2. The van der Waals surface area contributed by atoms with Gasteiger partial charge in [0.05, 0.1) is 19.8 Å². The summed E-state index contributed by atoms with van der Waals surface area (Å²) in [6.45, 7) is 3.93. The Morgan fingerprint density at radius 1 is 1.36 bits per heavy atom.